The first-order chi connectivity index (χ1) is 9.62. The van der Waals surface area contributed by atoms with Crippen molar-refractivity contribution in [2.24, 2.45) is 11.8 Å². The van der Waals surface area contributed by atoms with Crippen LogP contribution in [0.25, 0.3) is 0 Å². The Hall–Kier alpha value is -1.04. The molecule has 2 atom stereocenters. The van der Waals surface area contributed by atoms with Crippen molar-refractivity contribution in [3.63, 3.8) is 0 Å². The third-order valence-corrected chi connectivity index (χ3v) is 5.26. The van der Waals surface area contributed by atoms with Crippen molar-refractivity contribution in [2.75, 3.05) is 13.1 Å². The first-order valence-electron chi connectivity index (χ1n) is 7.54. The Kier molecular flexibility index (Phi) is 2.84. The first kappa shape index (κ1) is 12.7. The standard InChI is InChI=1S/C14H19F2N3O/c15-14(16)3-1-8(2-4-14)12-18-13(20-19-12)11-9-5-10(11)7-17-6-9/h8-11,17H,1-7H2. The van der Waals surface area contributed by atoms with Gasteiger partial charge in [-0.2, -0.15) is 4.98 Å². The number of halogens is 2. The second kappa shape index (κ2) is 4.48. The number of piperidine rings is 2. The number of hydrogen-bond acceptors (Lipinski definition) is 4. The maximum atomic E-state index is 13.2. The molecule has 6 heteroatoms. The predicted octanol–water partition coefficient (Wildman–Crippen LogP) is 2.69. The Balaban J connectivity index is 1.46. The Labute approximate surface area is 116 Å². The van der Waals surface area contributed by atoms with Crippen LogP contribution in [0.3, 0.4) is 0 Å². The van der Waals surface area contributed by atoms with E-state index in [4.69, 9.17) is 4.52 Å². The summed E-state index contributed by atoms with van der Waals surface area (Å²) >= 11 is 0. The highest BCUT2D eigenvalue weighted by Gasteiger charge is 2.48. The fourth-order valence-corrected chi connectivity index (χ4v) is 4.00. The van der Waals surface area contributed by atoms with Gasteiger partial charge in [0.25, 0.3) is 0 Å². The molecule has 4 nitrogen and oxygen atoms in total. The SMILES string of the molecule is FC1(F)CCC(c2noc(C3C4CNCC3C4)n2)CC1. The molecular weight excluding hydrogens is 264 g/mol. The van der Waals surface area contributed by atoms with Gasteiger partial charge in [-0.25, -0.2) is 8.78 Å². The van der Waals surface area contributed by atoms with Crippen molar-refractivity contribution >= 4 is 0 Å². The third kappa shape index (κ3) is 2.05. The summed E-state index contributed by atoms with van der Waals surface area (Å²) in [6.45, 7) is 2.04. The van der Waals surface area contributed by atoms with Crippen molar-refractivity contribution in [3.05, 3.63) is 11.7 Å². The largest absolute Gasteiger partial charge is 0.339 e. The lowest BCUT2D eigenvalue weighted by Crippen LogP contribution is -2.51. The van der Waals surface area contributed by atoms with Crippen LogP contribution in [0.15, 0.2) is 4.52 Å². The van der Waals surface area contributed by atoms with E-state index in [0.717, 1.165) is 19.0 Å². The van der Waals surface area contributed by atoms with E-state index in [2.05, 4.69) is 15.5 Å². The Morgan fingerprint density at radius 2 is 1.85 bits per heavy atom. The van der Waals surface area contributed by atoms with Gasteiger partial charge in [0.05, 0.1) is 0 Å². The van der Waals surface area contributed by atoms with E-state index in [1.807, 2.05) is 0 Å². The minimum atomic E-state index is -2.50. The van der Waals surface area contributed by atoms with Gasteiger partial charge < -0.3 is 9.84 Å². The third-order valence-electron chi connectivity index (χ3n) is 5.26. The van der Waals surface area contributed by atoms with E-state index in [9.17, 15) is 8.78 Å². The average molecular weight is 283 g/mol. The molecule has 1 aromatic heterocycles. The fraction of sp³-hybridized carbons (Fsp3) is 0.857. The maximum Gasteiger partial charge on any atom is 0.248 e. The van der Waals surface area contributed by atoms with Crippen LogP contribution in [0, 0.1) is 11.8 Å². The summed E-state index contributed by atoms with van der Waals surface area (Å²) in [5, 5.41) is 7.46. The molecule has 1 N–H and O–H groups in total. The first-order valence-corrected chi connectivity index (χ1v) is 7.54. The molecule has 2 saturated carbocycles. The van der Waals surface area contributed by atoms with E-state index in [0.29, 0.717) is 36.4 Å². The number of nitrogens with one attached hydrogen (secondary N) is 1. The smallest absolute Gasteiger partial charge is 0.248 e. The molecule has 2 bridgehead atoms. The van der Waals surface area contributed by atoms with Crippen molar-refractivity contribution in [2.45, 2.75) is 49.9 Å². The summed E-state index contributed by atoms with van der Waals surface area (Å²) in [4.78, 5) is 4.54. The summed E-state index contributed by atoms with van der Waals surface area (Å²) in [5.74, 6) is 0.538. The van der Waals surface area contributed by atoms with Gasteiger partial charge in [0.15, 0.2) is 5.82 Å². The topological polar surface area (TPSA) is 51.0 Å². The minimum Gasteiger partial charge on any atom is -0.339 e. The molecular formula is C14H19F2N3O. The highest BCUT2D eigenvalue weighted by Crippen LogP contribution is 2.49. The van der Waals surface area contributed by atoms with Crippen LogP contribution in [-0.2, 0) is 0 Å². The molecule has 2 unspecified atom stereocenters. The molecule has 0 spiro atoms. The van der Waals surface area contributed by atoms with Crippen LogP contribution in [0.1, 0.15) is 55.7 Å². The van der Waals surface area contributed by atoms with Crippen LogP contribution >= 0.6 is 0 Å². The molecule has 2 aliphatic carbocycles. The van der Waals surface area contributed by atoms with Crippen LogP contribution in [0.2, 0.25) is 0 Å². The van der Waals surface area contributed by atoms with Gasteiger partial charge in [-0.15, -0.1) is 0 Å². The molecule has 3 aliphatic rings. The molecule has 0 amide bonds. The molecule has 0 aromatic carbocycles. The zero-order chi connectivity index (χ0) is 13.7. The minimum absolute atomic E-state index is 0.0465. The molecule has 1 aliphatic heterocycles. The van der Waals surface area contributed by atoms with E-state index in [1.54, 1.807) is 0 Å². The summed E-state index contributed by atoms with van der Waals surface area (Å²) in [7, 11) is 0. The van der Waals surface area contributed by atoms with Crippen LogP contribution in [-0.4, -0.2) is 29.2 Å². The maximum absolute atomic E-state index is 13.2. The second-order valence-corrected chi connectivity index (χ2v) is 6.56. The second-order valence-electron chi connectivity index (χ2n) is 6.56. The highest BCUT2D eigenvalue weighted by atomic mass is 19.3. The van der Waals surface area contributed by atoms with Crippen molar-refractivity contribution < 1.29 is 13.3 Å². The molecule has 0 radical (unpaired) electrons. The van der Waals surface area contributed by atoms with Crippen molar-refractivity contribution in [1.82, 2.24) is 15.5 Å². The van der Waals surface area contributed by atoms with Gasteiger partial charge in [0.2, 0.25) is 11.8 Å². The zero-order valence-electron chi connectivity index (χ0n) is 11.3. The fourth-order valence-electron chi connectivity index (χ4n) is 4.00. The Morgan fingerprint density at radius 3 is 2.50 bits per heavy atom. The van der Waals surface area contributed by atoms with Crippen molar-refractivity contribution in [1.29, 1.82) is 0 Å². The van der Waals surface area contributed by atoms with Gasteiger partial charge >= 0.3 is 0 Å². The van der Waals surface area contributed by atoms with Gasteiger partial charge in [-0.1, -0.05) is 5.16 Å². The number of hydrogen-bond donors (Lipinski definition) is 1. The molecule has 1 saturated heterocycles. The molecule has 4 rings (SSSR count). The van der Waals surface area contributed by atoms with Gasteiger partial charge in [-0.05, 0) is 44.2 Å². The molecule has 110 valence electrons. The number of alkyl halides is 2. The number of rotatable bonds is 2. The van der Waals surface area contributed by atoms with E-state index in [1.165, 1.54) is 6.42 Å². The quantitative estimate of drug-likeness (QED) is 0.906. The molecule has 3 fully saturated rings. The highest BCUT2D eigenvalue weighted by molar-refractivity contribution is 5.11. The van der Waals surface area contributed by atoms with Crippen LogP contribution in [0.4, 0.5) is 8.78 Å². The molecule has 20 heavy (non-hydrogen) atoms. The molecule has 2 heterocycles. The van der Waals surface area contributed by atoms with Crippen molar-refractivity contribution in [3.8, 4) is 0 Å². The summed E-state index contributed by atoms with van der Waals surface area (Å²) in [5.41, 5.74) is 0. The summed E-state index contributed by atoms with van der Waals surface area (Å²) in [6, 6.07) is 0. The number of fused-ring (bicyclic) bond motifs is 2. The van der Waals surface area contributed by atoms with Crippen LogP contribution < -0.4 is 5.32 Å². The van der Waals surface area contributed by atoms with E-state index >= 15 is 0 Å². The number of aromatic nitrogens is 2. The Morgan fingerprint density at radius 1 is 1.15 bits per heavy atom. The van der Waals surface area contributed by atoms with Gasteiger partial charge in [-0.3, -0.25) is 0 Å². The van der Waals surface area contributed by atoms with E-state index in [-0.39, 0.29) is 18.8 Å². The summed E-state index contributed by atoms with van der Waals surface area (Å²) in [6.07, 6.45) is 2.06. The van der Waals surface area contributed by atoms with Gasteiger partial charge in [0.1, 0.15) is 0 Å². The average Bonchev–Trinajstić information content (AvgIpc) is 2.88. The lowest BCUT2D eigenvalue weighted by molar-refractivity contribution is -0.0389. The normalized spacial score (nSPS) is 36.6. The monoisotopic (exact) mass is 283 g/mol. The lowest BCUT2D eigenvalue weighted by atomic mass is 9.62. The predicted molar refractivity (Wildman–Crippen MR) is 67.7 cm³/mol. The van der Waals surface area contributed by atoms with E-state index < -0.39 is 5.92 Å². The summed E-state index contributed by atoms with van der Waals surface area (Å²) < 4.78 is 31.8. The number of nitrogens with zero attached hydrogens (tertiary/aromatic N) is 2. The molecule has 1 aromatic rings. The van der Waals surface area contributed by atoms with Gasteiger partial charge in [0, 0.05) is 24.7 Å². The van der Waals surface area contributed by atoms with Crippen LogP contribution in [0.5, 0.6) is 0 Å². The lowest BCUT2D eigenvalue weighted by Gasteiger charge is -2.47. The zero-order valence-corrected chi connectivity index (χ0v) is 11.3. The Bertz CT molecular complexity index is 480.